The summed E-state index contributed by atoms with van der Waals surface area (Å²) >= 11 is 1.46. The van der Waals surface area contributed by atoms with Crippen LogP contribution in [0.5, 0.6) is 0 Å². The van der Waals surface area contributed by atoms with Crippen LogP contribution in [0.25, 0.3) is 0 Å². The molecule has 1 rings (SSSR count). The first kappa shape index (κ1) is 27.7. The number of carbonyl (C=O) groups is 5. The SMILES string of the molecule is CSCCC(NC(=O)C(CC(C)C)NC(=O)C1CCCN1C(=O)C(N)CC(=O)O)C(=O)O. The lowest BCUT2D eigenvalue weighted by Crippen LogP contribution is -2.57. The zero-order valence-corrected chi connectivity index (χ0v) is 19.5. The van der Waals surface area contributed by atoms with Gasteiger partial charge in [-0.2, -0.15) is 11.8 Å². The molecule has 0 aromatic heterocycles. The maximum Gasteiger partial charge on any atom is 0.326 e. The van der Waals surface area contributed by atoms with Gasteiger partial charge in [0.1, 0.15) is 18.1 Å². The van der Waals surface area contributed by atoms with Crippen LogP contribution < -0.4 is 16.4 Å². The van der Waals surface area contributed by atoms with Crippen LogP contribution >= 0.6 is 11.8 Å². The maximum atomic E-state index is 12.9. The molecule has 4 unspecified atom stereocenters. The van der Waals surface area contributed by atoms with Crippen LogP contribution in [0.1, 0.15) is 46.0 Å². The minimum absolute atomic E-state index is 0.0332. The Balaban J connectivity index is 2.89. The molecule has 0 aromatic carbocycles. The van der Waals surface area contributed by atoms with Crippen molar-refractivity contribution in [3.63, 3.8) is 0 Å². The van der Waals surface area contributed by atoms with E-state index in [-0.39, 0.29) is 25.3 Å². The Morgan fingerprint density at radius 1 is 1.12 bits per heavy atom. The van der Waals surface area contributed by atoms with Gasteiger partial charge in [0.15, 0.2) is 0 Å². The topological polar surface area (TPSA) is 179 Å². The summed E-state index contributed by atoms with van der Waals surface area (Å²) in [5, 5.41) is 23.4. The summed E-state index contributed by atoms with van der Waals surface area (Å²) < 4.78 is 0. The molecule has 12 heteroatoms. The molecule has 1 fully saturated rings. The standard InChI is InChI=1S/C20H34N4O7S/c1-11(2)9-14(17(27)22-13(20(30)31)6-8-32-3)23-18(28)15-5-4-7-24(15)19(29)12(21)10-16(25)26/h11-15H,4-10,21H2,1-3H3,(H,22,27)(H,23,28)(H,25,26)(H,30,31). The van der Waals surface area contributed by atoms with E-state index in [4.69, 9.17) is 10.8 Å². The summed E-state index contributed by atoms with van der Waals surface area (Å²) in [6.45, 7) is 4.00. The molecule has 1 heterocycles. The second-order valence-corrected chi connectivity index (χ2v) is 9.25. The molecule has 3 amide bonds. The molecule has 0 aromatic rings. The Bertz CT molecular complexity index is 703. The maximum absolute atomic E-state index is 12.9. The van der Waals surface area contributed by atoms with Crippen LogP contribution in [0.2, 0.25) is 0 Å². The first-order valence-electron chi connectivity index (χ1n) is 10.6. The zero-order chi connectivity index (χ0) is 24.4. The number of amides is 3. The number of hydrogen-bond acceptors (Lipinski definition) is 7. The van der Waals surface area contributed by atoms with E-state index in [1.54, 1.807) is 0 Å². The smallest absolute Gasteiger partial charge is 0.326 e. The van der Waals surface area contributed by atoms with E-state index in [2.05, 4.69) is 10.6 Å². The van der Waals surface area contributed by atoms with Gasteiger partial charge in [-0.05, 0) is 43.6 Å². The minimum Gasteiger partial charge on any atom is -0.481 e. The fraction of sp³-hybridized carbons (Fsp3) is 0.750. The average molecular weight is 475 g/mol. The van der Waals surface area contributed by atoms with Crippen molar-refractivity contribution in [3.05, 3.63) is 0 Å². The molecule has 1 aliphatic heterocycles. The molecule has 0 spiro atoms. The number of carboxylic acids is 2. The summed E-state index contributed by atoms with van der Waals surface area (Å²) in [6.07, 6.45) is 2.72. The van der Waals surface area contributed by atoms with Gasteiger partial charge in [-0.1, -0.05) is 13.8 Å². The van der Waals surface area contributed by atoms with Crippen molar-refractivity contribution in [2.45, 2.75) is 70.1 Å². The van der Waals surface area contributed by atoms with Crippen LogP contribution in [-0.2, 0) is 24.0 Å². The van der Waals surface area contributed by atoms with Crippen molar-refractivity contribution in [2.75, 3.05) is 18.6 Å². The van der Waals surface area contributed by atoms with E-state index >= 15 is 0 Å². The van der Waals surface area contributed by atoms with Crippen LogP contribution in [0.4, 0.5) is 0 Å². The second-order valence-electron chi connectivity index (χ2n) is 8.27. The predicted molar refractivity (Wildman–Crippen MR) is 119 cm³/mol. The third kappa shape index (κ3) is 8.65. The van der Waals surface area contributed by atoms with E-state index in [9.17, 15) is 29.1 Å². The molecule has 6 N–H and O–H groups in total. The molecule has 11 nitrogen and oxygen atoms in total. The number of aliphatic carboxylic acids is 2. The van der Waals surface area contributed by atoms with Gasteiger partial charge in [-0.15, -0.1) is 0 Å². The van der Waals surface area contributed by atoms with Crippen molar-refractivity contribution < 1.29 is 34.2 Å². The van der Waals surface area contributed by atoms with Crippen LogP contribution in [0, 0.1) is 5.92 Å². The number of hydrogen-bond donors (Lipinski definition) is 5. The highest BCUT2D eigenvalue weighted by Gasteiger charge is 2.38. The van der Waals surface area contributed by atoms with Crippen molar-refractivity contribution in [1.82, 2.24) is 15.5 Å². The van der Waals surface area contributed by atoms with Gasteiger partial charge < -0.3 is 31.5 Å². The third-order valence-corrected chi connectivity index (χ3v) is 5.76. The lowest BCUT2D eigenvalue weighted by atomic mass is 10.0. The average Bonchev–Trinajstić information content (AvgIpc) is 3.18. The molecule has 1 aliphatic rings. The summed E-state index contributed by atoms with van der Waals surface area (Å²) in [4.78, 5) is 61.8. The Labute approximate surface area is 191 Å². The number of carboxylic acid groups (broad SMARTS) is 2. The Hall–Kier alpha value is -2.34. The minimum atomic E-state index is -1.26. The molecule has 4 atom stereocenters. The lowest BCUT2D eigenvalue weighted by Gasteiger charge is -2.29. The Morgan fingerprint density at radius 2 is 1.78 bits per heavy atom. The number of rotatable bonds is 13. The quantitative estimate of drug-likeness (QED) is 0.238. The Morgan fingerprint density at radius 3 is 2.31 bits per heavy atom. The highest BCUT2D eigenvalue weighted by molar-refractivity contribution is 7.98. The molecule has 182 valence electrons. The van der Waals surface area contributed by atoms with Crippen molar-refractivity contribution in [3.8, 4) is 0 Å². The number of carbonyl (C=O) groups excluding carboxylic acids is 3. The summed E-state index contributed by atoms with van der Waals surface area (Å²) in [5.41, 5.74) is 5.67. The molecular weight excluding hydrogens is 440 g/mol. The number of likely N-dealkylation sites (tertiary alicyclic amines) is 1. The van der Waals surface area contributed by atoms with E-state index in [1.165, 1.54) is 16.7 Å². The fourth-order valence-electron chi connectivity index (χ4n) is 3.53. The monoisotopic (exact) mass is 474 g/mol. The summed E-state index contributed by atoms with van der Waals surface area (Å²) in [6, 6.07) is -4.16. The van der Waals surface area contributed by atoms with Crippen molar-refractivity contribution in [1.29, 1.82) is 0 Å². The van der Waals surface area contributed by atoms with Gasteiger partial charge in [0, 0.05) is 6.54 Å². The van der Waals surface area contributed by atoms with Gasteiger partial charge in [0.05, 0.1) is 12.5 Å². The molecule has 1 saturated heterocycles. The molecule has 0 aliphatic carbocycles. The van der Waals surface area contributed by atoms with E-state index in [0.717, 1.165) is 0 Å². The van der Waals surface area contributed by atoms with Crippen LogP contribution in [0.15, 0.2) is 0 Å². The fourth-order valence-corrected chi connectivity index (χ4v) is 4.00. The predicted octanol–water partition coefficient (Wildman–Crippen LogP) is -0.367. The molecule has 0 bridgehead atoms. The summed E-state index contributed by atoms with van der Waals surface area (Å²) in [7, 11) is 0. The number of nitrogens with two attached hydrogens (primary N) is 1. The second kappa shape index (κ2) is 13.3. The normalized spacial score (nSPS) is 18.7. The van der Waals surface area contributed by atoms with Gasteiger partial charge >= 0.3 is 11.9 Å². The van der Waals surface area contributed by atoms with E-state index in [1.807, 2.05) is 20.1 Å². The molecule has 0 radical (unpaired) electrons. The highest BCUT2D eigenvalue weighted by Crippen LogP contribution is 2.19. The molecular formula is C20H34N4O7S. The third-order valence-electron chi connectivity index (χ3n) is 5.12. The van der Waals surface area contributed by atoms with Gasteiger partial charge in [-0.25, -0.2) is 4.79 Å². The highest BCUT2D eigenvalue weighted by atomic mass is 32.2. The lowest BCUT2D eigenvalue weighted by molar-refractivity contribution is -0.144. The summed E-state index contributed by atoms with van der Waals surface area (Å²) in [5.74, 6) is -3.55. The van der Waals surface area contributed by atoms with Crippen molar-refractivity contribution in [2.24, 2.45) is 11.7 Å². The molecule has 0 saturated carbocycles. The largest absolute Gasteiger partial charge is 0.481 e. The van der Waals surface area contributed by atoms with Gasteiger partial charge in [0.25, 0.3) is 0 Å². The number of nitrogens with one attached hydrogen (secondary N) is 2. The van der Waals surface area contributed by atoms with Crippen LogP contribution in [0.3, 0.4) is 0 Å². The van der Waals surface area contributed by atoms with Gasteiger partial charge in [-0.3, -0.25) is 19.2 Å². The van der Waals surface area contributed by atoms with Crippen molar-refractivity contribution >= 4 is 41.4 Å². The Kier molecular flexibility index (Phi) is 11.5. The van der Waals surface area contributed by atoms with Gasteiger partial charge in [0.2, 0.25) is 17.7 Å². The van der Waals surface area contributed by atoms with E-state index < -0.39 is 60.2 Å². The number of nitrogens with zero attached hydrogens (tertiary/aromatic N) is 1. The first-order chi connectivity index (χ1) is 15.0. The van der Waals surface area contributed by atoms with Crippen LogP contribution in [-0.4, -0.2) is 87.5 Å². The first-order valence-corrected chi connectivity index (χ1v) is 12.0. The zero-order valence-electron chi connectivity index (χ0n) is 18.7. The molecule has 32 heavy (non-hydrogen) atoms. The number of thioether (sulfide) groups is 1. The van der Waals surface area contributed by atoms with E-state index in [0.29, 0.717) is 18.6 Å².